The Hall–Kier alpha value is -1.95. The minimum Gasteiger partial charge on any atom is -0.481 e. The lowest BCUT2D eigenvalue weighted by molar-refractivity contribution is 0.0950. The quantitative estimate of drug-likeness (QED) is 0.932. The molecule has 4 nitrogen and oxygen atoms in total. The fourth-order valence-corrected chi connectivity index (χ4v) is 2.00. The van der Waals surface area contributed by atoms with E-state index in [9.17, 15) is 9.18 Å². The topological polar surface area (TPSA) is 51.2 Å². The van der Waals surface area contributed by atoms with Crippen molar-refractivity contribution in [3.63, 3.8) is 0 Å². The summed E-state index contributed by atoms with van der Waals surface area (Å²) in [6, 6.07) is 7.77. The molecule has 1 heterocycles. The Morgan fingerprint density at radius 1 is 1.40 bits per heavy atom. The second kappa shape index (κ2) is 6.47. The summed E-state index contributed by atoms with van der Waals surface area (Å²) in [6.45, 7) is 0.107. The maximum atomic E-state index is 13.5. The highest BCUT2D eigenvalue weighted by Crippen LogP contribution is 2.15. The van der Waals surface area contributed by atoms with Crippen LogP contribution in [0.3, 0.4) is 0 Å². The molecular weight excluding hydrogens is 327 g/mol. The maximum Gasteiger partial charge on any atom is 0.253 e. The van der Waals surface area contributed by atoms with E-state index in [-0.39, 0.29) is 18.3 Å². The predicted molar refractivity (Wildman–Crippen MR) is 76.1 cm³/mol. The van der Waals surface area contributed by atoms with Crippen LogP contribution in [-0.4, -0.2) is 18.0 Å². The number of carbonyl (C=O) groups is 1. The second-order valence-electron chi connectivity index (χ2n) is 4.01. The van der Waals surface area contributed by atoms with Gasteiger partial charge in [0.1, 0.15) is 5.82 Å². The molecule has 0 atom stereocenters. The average molecular weight is 339 g/mol. The molecule has 0 unspecified atom stereocenters. The molecule has 0 spiro atoms. The second-order valence-corrected chi connectivity index (χ2v) is 4.92. The minimum absolute atomic E-state index is 0.107. The van der Waals surface area contributed by atoms with Crippen molar-refractivity contribution < 1.29 is 13.9 Å². The number of amides is 1. The van der Waals surface area contributed by atoms with Crippen LogP contribution < -0.4 is 10.1 Å². The van der Waals surface area contributed by atoms with Gasteiger partial charge in [-0.15, -0.1) is 0 Å². The first-order valence-corrected chi connectivity index (χ1v) is 6.61. The molecule has 1 amide bonds. The van der Waals surface area contributed by atoms with Gasteiger partial charge in [-0.2, -0.15) is 0 Å². The highest BCUT2D eigenvalue weighted by molar-refractivity contribution is 9.10. The summed E-state index contributed by atoms with van der Waals surface area (Å²) < 4.78 is 19.2. The molecule has 20 heavy (non-hydrogen) atoms. The lowest BCUT2D eigenvalue weighted by atomic mass is 10.2. The van der Waals surface area contributed by atoms with Gasteiger partial charge >= 0.3 is 0 Å². The Morgan fingerprint density at radius 3 is 2.85 bits per heavy atom. The van der Waals surface area contributed by atoms with Crippen molar-refractivity contribution in [2.24, 2.45) is 0 Å². The monoisotopic (exact) mass is 338 g/mol. The third-order valence-corrected chi connectivity index (χ3v) is 3.15. The van der Waals surface area contributed by atoms with Gasteiger partial charge in [0.2, 0.25) is 5.88 Å². The summed E-state index contributed by atoms with van der Waals surface area (Å²) >= 11 is 3.26. The molecule has 0 aliphatic heterocycles. The molecule has 0 fully saturated rings. The number of pyridine rings is 1. The van der Waals surface area contributed by atoms with Crippen molar-refractivity contribution >= 4 is 21.8 Å². The molecular formula is C14H12BrFN2O2. The lowest BCUT2D eigenvalue weighted by Gasteiger charge is -2.07. The van der Waals surface area contributed by atoms with Gasteiger partial charge in [-0.1, -0.05) is 15.9 Å². The Labute approximate surface area is 124 Å². The summed E-state index contributed by atoms with van der Waals surface area (Å²) in [5, 5.41) is 2.64. The number of methoxy groups -OCH3 is 1. The smallest absolute Gasteiger partial charge is 0.253 e. The van der Waals surface area contributed by atoms with E-state index in [2.05, 4.69) is 26.2 Å². The number of ether oxygens (including phenoxy) is 1. The van der Waals surface area contributed by atoms with Crippen LogP contribution in [-0.2, 0) is 6.54 Å². The first-order valence-electron chi connectivity index (χ1n) is 5.82. The summed E-state index contributed by atoms with van der Waals surface area (Å²) in [5.41, 5.74) is 0.801. The van der Waals surface area contributed by atoms with Crippen LogP contribution >= 0.6 is 15.9 Å². The number of carbonyl (C=O) groups excluding carboxylic acids is 1. The third-order valence-electron chi connectivity index (χ3n) is 2.65. The van der Waals surface area contributed by atoms with Gasteiger partial charge in [0.25, 0.3) is 5.91 Å². The van der Waals surface area contributed by atoms with E-state index in [0.717, 1.165) is 4.47 Å². The van der Waals surface area contributed by atoms with Gasteiger partial charge in [0.15, 0.2) is 0 Å². The molecule has 2 aromatic rings. The van der Waals surface area contributed by atoms with Crippen LogP contribution in [0.2, 0.25) is 0 Å². The molecule has 0 radical (unpaired) electrons. The zero-order valence-corrected chi connectivity index (χ0v) is 12.3. The highest BCUT2D eigenvalue weighted by Gasteiger charge is 2.08. The van der Waals surface area contributed by atoms with Crippen LogP contribution in [0.4, 0.5) is 4.39 Å². The normalized spacial score (nSPS) is 10.2. The van der Waals surface area contributed by atoms with Gasteiger partial charge in [0.05, 0.1) is 12.7 Å². The number of benzene rings is 1. The number of rotatable bonds is 4. The molecule has 0 aliphatic carbocycles. The Kier molecular flexibility index (Phi) is 4.68. The molecule has 0 bridgehead atoms. The van der Waals surface area contributed by atoms with Crippen LogP contribution in [0.15, 0.2) is 41.0 Å². The fraction of sp³-hybridized carbons (Fsp3) is 0.143. The molecule has 6 heteroatoms. The molecule has 0 aliphatic rings. The van der Waals surface area contributed by atoms with E-state index >= 15 is 0 Å². The van der Waals surface area contributed by atoms with Crippen LogP contribution in [0.5, 0.6) is 5.88 Å². The fourth-order valence-electron chi connectivity index (χ4n) is 1.59. The van der Waals surface area contributed by atoms with E-state index in [1.807, 2.05) is 0 Å². The van der Waals surface area contributed by atoms with Crippen molar-refractivity contribution in [2.45, 2.75) is 6.54 Å². The van der Waals surface area contributed by atoms with Crippen molar-refractivity contribution in [3.05, 3.63) is 57.9 Å². The molecule has 1 aromatic carbocycles. The highest BCUT2D eigenvalue weighted by atomic mass is 79.9. The number of nitrogens with one attached hydrogen (secondary N) is 1. The number of hydrogen-bond donors (Lipinski definition) is 1. The standard InChI is InChI=1S/C14H12BrFN2O2/c1-20-13-5-2-9(7-17-13)14(19)18-8-10-6-11(15)3-4-12(10)16/h2-7H,8H2,1H3,(H,18,19). The number of aromatic nitrogens is 1. The minimum atomic E-state index is -0.360. The first-order chi connectivity index (χ1) is 9.60. The van der Waals surface area contributed by atoms with Crippen molar-refractivity contribution in [2.75, 3.05) is 7.11 Å². The van der Waals surface area contributed by atoms with Crippen LogP contribution in [0.25, 0.3) is 0 Å². The van der Waals surface area contributed by atoms with Gasteiger partial charge in [-0.05, 0) is 24.3 Å². The van der Waals surface area contributed by atoms with Crippen molar-refractivity contribution in [1.82, 2.24) is 10.3 Å². The Balaban J connectivity index is 2.02. The molecule has 0 saturated carbocycles. The third kappa shape index (κ3) is 3.54. The maximum absolute atomic E-state index is 13.5. The average Bonchev–Trinajstić information content (AvgIpc) is 2.48. The first kappa shape index (κ1) is 14.5. The predicted octanol–water partition coefficient (Wildman–Crippen LogP) is 2.92. The number of hydrogen-bond acceptors (Lipinski definition) is 3. The van der Waals surface area contributed by atoms with Crippen LogP contribution in [0, 0.1) is 5.82 Å². The zero-order chi connectivity index (χ0) is 14.5. The summed E-state index contributed by atoms with van der Waals surface area (Å²) in [5.74, 6) is -0.250. The largest absolute Gasteiger partial charge is 0.481 e. The Morgan fingerprint density at radius 2 is 2.20 bits per heavy atom. The van der Waals surface area contributed by atoms with Gasteiger partial charge in [0, 0.05) is 28.8 Å². The zero-order valence-electron chi connectivity index (χ0n) is 10.7. The molecule has 1 N–H and O–H groups in total. The summed E-state index contributed by atoms with van der Waals surface area (Å²) in [7, 11) is 1.50. The number of nitrogens with zero attached hydrogens (tertiary/aromatic N) is 1. The van der Waals surface area contributed by atoms with E-state index in [4.69, 9.17) is 4.74 Å². The summed E-state index contributed by atoms with van der Waals surface area (Å²) in [4.78, 5) is 15.8. The van der Waals surface area contributed by atoms with Crippen molar-refractivity contribution in [3.8, 4) is 5.88 Å². The summed E-state index contributed by atoms with van der Waals surface area (Å²) in [6.07, 6.45) is 1.41. The SMILES string of the molecule is COc1ccc(C(=O)NCc2cc(Br)ccc2F)cn1. The molecule has 0 saturated heterocycles. The van der Waals surface area contributed by atoms with E-state index in [1.54, 1.807) is 24.3 Å². The van der Waals surface area contributed by atoms with Gasteiger partial charge in [-0.3, -0.25) is 4.79 Å². The van der Waals surface area contributed by atoms with E-state index in [0.29, 0.717) is 17.0 Å². The van der Waals surface area contributed by atoms with Gasteiger partial charge in [-0.25, -0.2) is 9.37 Å². The lowest BCUT2D eigenvalue weighted by Crippen LogP contribution is -2.23. The van der Waals surface area contributed by atoms with Crippen LogP contribution in [0.1, 0.15) is 15.9 Å². The molecule has 2 rings (SSSR count). The van der Waals surface area contributed by atoms with Crippen molar-refractivity contribution in [1.29, 1.82) is 0 Å². The Bertz CT molecular complexity index is 617. The number of halogens is 2. The van der Waals surface area contributed by atoms with Gasteiger partial charge < -0.3 is 10.1 Å². The molecule has 1 aromatic heterocycles. The molecule has 104 valence electrons. The van der Waals surface area contributed by atoms with E-state index < -0.39 is 0 Å². The van der Waals surface area contributed by atoms with E-state index in [1.165, 1.54) is 19.4 Å².